The lowest BCUT2D eigenvalue weighted by Crippen LogP contribution is -2.59. The molecule has 0 saturated carbocycles. The molecule has 1 aromatic carbocycles. The van der Waals surface area contributed by atoms with Crippen LogP contribution in [0.1, 0.15) is 82.2 Å². The number of aromatic nitrogens is 1. The highest BCUT2D eigenvalue weighted by Gasteiger charge is 2.50. The summed E-state index contributed by atoms with van der Waals surface area (Å²) in [4.78, 5) is 68.1. The van der Waals surface area contributed by atoms with E-state index in [1.54, 1.807) is 58.6 Å². The van der Waals surface area contributed by atoms with Crippen molar-refractivity contribution >= 4 is 52.1 Å². The Bertz CT molecular complexity index is 1440. The van der Waals surface area contributed by atoms with Crippen LogP contribution in [0.3, 0.4) is 0 Å². The van der Waals surface area contributed by atoms with E-state index in [1.807, 2.05) is 12.1 Å². The van der Waals surface area contributed by atoms with Crippen LogP contribution >= 0.6 is 11.3 Å². The first-order chi connectivity index (χ1) is 21.3. The molecule has 1 fully saturated rings. The summed E-state index contributed by atoms with van der Waals surface area (Å²) < 4.78 is 11.1. The van der Waals surface area contributed by atoms with E-state index in [0.29, 0.717) is 60.2 Å². The van der Waals surface area contributed by atoms with Crippen LogP contribution in [0.15, 0.2) is 24.3 Å². The number of primary amides is 2. The van der Waals surface area contributed by atoms with Gasteiger partial charge in [-0.3, -0.25) is 14.4 Å². The molecule has 1 saturated heterocycles. The molecule has 0 aliphatic carbocycles. The van der Waals surface area contributed by atoms with Gasteiger partial charge in [-0.05, 0) is 64.2 Å². The summed E-state index contributed by atoms with van der Waals surface area (Å²) in [6.45, 7) is 12.7. The Morgan fingerprint density at radius 2 is 1.57 bits per heavy atom. The number of nitrogens with two attached hydrogens (primary N) is 2. The number of alkyl carbamates (subject to hydrolysis) is 1. The molecule has 14 nitrogen and oxygen atoms in total. The minimum absolute atomic E-state index is 0.199. The zero-order valence-corrected chi connectivity index (χ0v) is 28.3. The molecule has 2 aromatic rings. The first kappa shape index (κ1) is 36.1. The Morgan fingerprint density at radius 3 is 2.07 bits per heavy atom. The average Bonchev–Trinajstić information content (AvgIpc) is 3.31. The molecular formula is C31H45N7O7S. The van der Waals surface area contributed by atoms with Crippen molar-refractivity contribution in [1.82, 2.24) is 15.2 Å². The van der Waals surface area contributed by atoms with E-state index in [4.69, 9.17) is 20.9 Å². The number of hydrogen-bond donors (Lipinski definition) is 5. The van der Waals surface area contributed by atoms with Crippen molar-refractivity contribution in [2.75, 3.05) is 23.7 Å². The maximum Gasteiger partial charge on any atom is 0.412 e. The first-order valence-corrected chi connectivity index (χ1v) is 15.8. The minimum atomic E-state index is -1.95. The van der Waals surface area contributed by atoms with Gasteiger partial charge in [-0.15, -0.1) is 0 Å². The van der Waals surface area contributed by atoms with Crippen molar-refractivity contribution in [3.63, 3.8) is 0 Å². The van der Waals surface area contributed by atoms with E-state index in [1.165, 1.54) is 6.92 Å². The van der Waals surface area contributed by atoms with Crippen LogP contribution in [-0.2, 0) is 31.9 Å². The number of anilines is 2. The van der Waals surface area contributed by atoms with Gasteiger partial charge in [0.25, 0.3) is 5.91 Å². The Balaban J connectivity index is 1.79. The van der Waals surface area contributed by atoms with Gasteiger partial charge >= 0.3 is 18.1 Å². The number of carbonyl (C=O) groups is 5. The smallest absolute Gasteiger partial charge is 0.387 e. The molecule has 2 heterocycles. The van der Waals surface area contributed by atoms with Gasteiger partial charge in [0.05, 0.1) is 11.1 Å². The second kappa shape index (κ2) is 14.4. The van der Waals surface area contributed by atoms with Crippen molar-refractivity contribution in [3.05, 3.63) is 40.4 Å². The summed E-state index contributed by atoms with van der Waals surface area (Å²) in [5.41, 5.74) is 11.2. The van der Waals surface area contributed by atoms with Crippen molar-refractivity contribution < 1.29 is 33.4 Å². The second-order valence-corrected chi connectivity index (χ2v) is 14.3. The number of aryl methyl sites for hydroxylation is 2. The molecule has 1 aliphatic heterocycles. The lowest BCUT2D eigenvalue weighted by molar-refractivity contribution is -0.202. The number of carbonyl (C=O) groups excluding carboxylic acids is 5. The maximum atomic E-state index is 13.5. The molecule has 1 aromatic heterocycles. The topological polar surface area (TPSA) is 208 Å². The Hall–Kier alpha value is -4.40. The predicted molar refractivity (Wildman–Crippen MR) is 174 cm³/mol. The molecule has 1 aliphatic rings. The quantitative estimate of drug-likeness (QED) is 0.234. The summed E-state index contributed by atoms with van der Waals surface area (Å²) in [6.07, 6.45) is -0.0122. The molecular weight excluding hydrogens is 614 g/mol. The van der Waals surface area contributed by atoms with Crippen LogP contribution in [-0.4, -0.2) is 64.3 Å². The molecule has 1 unspecified atom stereocenters. The number of ether oxygens (including phenoxy) is 2. The normalized spacial score (nSPS) is 15.3. The number of likely N-dealkylation sites (tertiary alicyclic amines) is 1. The third kappa shape index (κ3) is 9.80. The van der Waals surface area contributed by atoms with Crippen LogP contribution < -0.4 is 27.4 Å². The summed E-state index contributed by atoms with van der Waals surface area (Å²) in [6, 6.07) is 7.16. The fraction of sp³-hybridized carbons (Fsp3) is 0.548. The molecule has 0 bridgehead atoms. The number of rotatable bonds is 10. The molecule has 3 rings (SSSR count). The highest BCUT2D eigenvalue weighted by atomic mass is 32.1. The third-order valence-electron chi connectivity index (χ3n) is 7.22. The van der Waals surface area contributed by atoms with Crippen LogP contribution in [0.2, 0.25) is 0 Å². The summed E-state index contributed by atoms with van der Waals surface area (Å²) >= 11 is 1.12. The van der Waals surface area contributed by atoms with Gasteiger partial charge in [0.2, 0.25) is 11.8 Å². The van der Waals surface area contributed by atoms with Gasteiger partial charge in [-0.2, -0.15) is 0 Å². The van der Waals surface area contributed by atoms with Crippen LogP contribution in [0, 0.1) is 11.3 Å². The highest BCUT2D eigenvalue weighted by Crippen LogP contribution is 2.37. The largest absolute Gasteiger partial charge is 0.412 e. The van der Waals surface area contributed by atoms with E-state index in [0.717, 1.165) is 16.9 Å². The highest BCUT2D eigenvalue weighted by molar-refractivity contribution is 7.17. The van der Waals surface area contributed by atoms with E-state index < -0.39 is 29.1 Å². The lowest BCUT2D eigenvalue weighted by atomic mass is 9.90. The Labute approximate surface area is 272 Å². The summed E-state index contributed by atoms with van der Waals surface area (Å²) in [5.74, 6) is -3.05. The predicted octanol–water partition coefficient (Wildman–Crippen LogP) is 3.96. The maximum absolute atomic E-state index is 13.5. The van der Waals surface area contributed by atoms with Crippen LogP contribution in [0.4, 0.5) is 20.4 Å². The Kier molecular flexibility index (Phi) is 11.3. The molecule has 15 heteroatoms. The van der Waals surface area contributed by atoms with Crippen molar-refractivity contribution in [2.24, 2.45) is 22.8 Å². The summed E-state index contributed by atoms with van der Waals surface area (Å²) in [5, 5.41) is 8.73. The third-order valence-corrected chi connectivity index (χ3v) is 8.22. The van der Waals surface area contributed by atoms with Crippen molar-refractivity contribution in [2.45, 2.75) is 85.6 Å². The average molecular weight is 660 g/mol. The van der Waals surface area contributed by atoms with Crippen molar-refractivity contribution in [3.8, 4) is 0 Å². The number of nitrogens with one attached hydrogen (secondary N) is 3. The molecule has 0 radical (unpaired) electrons. The molecule has 1 atom stereocenters. The summed E-state index contributed by atoms with van der Waals surface area (Å²) in [7, 11) is 0. The van der Waals surface area contributed by atoms with Crippen LogP contribution in [0.25, 0.3) is 0 Å². The van der Waals surface area contributed by atoms with Gasteiger partial charge in [0, 0.05) is 37.2 Å². The molecule has 46 heavy (non-hydrogen) atoms. The van der Waals surface area contributed by atoms with Gasteiger partial charge in [-0.1, -0.05) is 44.2 Å². The van der Waals surface area contributed by atoms with Gasteiger partial charge in [0.1, 0.15) is 4.88 Å². The number of piperidine rings is 1. The number of nitrogens with zero attached hydrogens (tertiary/aromatic N) is 2. The lowest BCUT2D eigenvalue weighted by Gasteiger charge is -2.42. The number of benzene rings is 1. The monoisotopic (exact) mass is 659 g/mol. The van der Waals surface area contributed by atoms with E-state index in [9.17, 15) is 24.0 Å². The fourth-order valence-corrected chi connectivity index (χ4v) is 5.81. The minimum Gasteiger partial charge on any atom is -0.387 e. The van der Waals surface area contributed by atoms with Gasteiger partial charge in [0.15, 0.2) is 5.13 Å². The zero-order valence-electron chi connectivity index (χ0n) is 27.4. The zero-order chi connectivity index (χ0) is 34.4. The Morgan fingerprint density at radius 1 is 0.957 bits per heavy atom. The molecule has 5 amide bonds. The molecule has 252 valence electrons. The van der Waals surface area contributed by atoms with Crippen molar-refractivity contribution in [1.29, 1.82) is 0 Å². The molecule has 0 spiro atoms. The number of hydrogen-bond acceptors (Lipinski definition) is 10. The second-order valence-electron chi connectivity index (χ2n) is 13.3. The SMILES string of the molecule is CC(=O)Nc1nc(CCc2ccc(NC(OC(N)=O)(OC(=O)NC(C)(C)C)C(C)(C)C)cc2)c(C(=O)N2CCC(C(N)=O)CC2)s1. The number of thiazole rings is 1. The van der Waals surface area contributed by atoms with E-state index in [2.05, 4.69) is 20.9 Å². The van der Waals surface area contributed by atoms with Gasteiger partial charge in [-0.25, -0.2) is 14.6 Å². The molecule has 7 N–H and O–H groups in total. The first-order valence-electron chi connectivity index (χ1n) is 15.0. The van der Waals surface area contributed by atoms with E-state index in [-0.39, 0.29) is 23.6 Å². The van der Waals surface area contributed by atoms with Crippen LogP contribution in [0.5, 0.6) is 0 Å². The fourth-order valence-electron chi connectivity index (χ4n) is 4.78. The van der Waals surface area contributed by atoms with Gasteiger partial charge < -0.3 is 41.8 Å². The number of amides is 5. The standard InChI is InChI=1S/C31H45N7O7S/c1-18(39)34-27-35-22(23(46-27)25(41)38-16-14-20(15-17-38)24(32)40)13-10-19-8-11-21(12-9-19)36-31(29(2,3)4,44-26(33)42)45-28(43)37-30(5,6)7/h8-9,11-12,20,36H,10,13-17H2,1-7H3,(H2,32,40)(H2,33,42)(H,37,43)(H,34,35,39). The van der Waals surface area contributed by atoms with E-state index >= 15 is 0 Å².